The van der Waals surface area contributed by atoms with Crippen LogP contribution in [0.2, 0.25) is 0 Å². The van der Waals surface area contributed by atoms with Crippen molar-refractivity contribution in [1.29, 1.82) is 0 Å². The summed E-state index contributed by atoms with van der Waals surface area (Å²) in [6.07, 6.45) is 1.67. The number of carbonyl (C=O) groups excluding carboxylic acids is 1. The zero-order valence-electron chi connectivity index (χ0n) is 10.4. The predicted octanol–water partition coefficient (Wildman–Crippen LogP) is 5.50. The number of hydrogen-bond acceptors (Lipinski definition) is 1. The maximum absolute atomic E-state index is 12.2. The van der Waals surface area contributed by atoms with Crippen molar-refractivity contribution in [2.45, 2.75) is 6.92 Å². The summed E-state index contributed by atoms with van der Waals surface area (Å²) in [5, 5.41) is 0. The van der Waals surface area contributed by atoms with Gasteiger partial charge in [0.15, 0.2) is 5.78 Å². The second-order valence-corrected chi connectivity index (χ2v) is 6.04. The molecule has 0 fully saturated rings. The molecule has 3 heteroatoms. The molecule has 0 spiro atoms. The van der Waals surface area contributed by atoms with Crippen LogP contribution in [0.5, 0.6) is 0 Å². The lowest BCUT2D eigenvalue weighted by molar-refractivity contribution is 0.104. The van der Waals surface area contributed by atoms with Gasteiger partial charge in [0.25, 0.3) is 0 Å². The van der Waals surface area contributed by atoms with Gasteiger partial charge in [-0.2, -0.15) is 0 Å². The smallest absolute Gasteiger partial charge is 0.186 e. The highest BCUT2D eigenvalue weighted by Gasteiger charge is 2.05. The molecule has 0 N–H and O–H groups in total. The molecule has 2 rings (SSSR count). The molecule has 0 saturated carbocycles. The minimum atomic E-state index is 0.0128. The molecule has 19 heavy (non-hydrogen) atoms. The molecule has 2 aromatic rings. The van der Waals surface area contributed by atoms with Gasteiger partial charge in [-0.05, 0) is 48.4 Å². The fourth-order valence-electron chi connectivity index (χ4n) is 1.74. The van der Waals surface area contributed by atoms with E-state index in [2.05, 4.69) is 31.9 Å². The number of hydrogen-bond donors (Lipinski definition) is 0. The summed E-state index contributed by atoms with van der Waals surface area (Å²) in [7, 11) is 0. The van der Waals surface area contributed by atoms with E-state index < -0.39 is 0 Å². The molecule has 96 valence electrons. The highest BCUT2D eigenvalue weighted by atomic mass is 79.9. The zero-order valence-corrected chi connectivity index (χ0v) is 13.5. The van der Waals surface area contributed by atoms with Crippen molar-refractivity contribution >= 4 is 43.2 Å². The van der Waals surface area contributed by atoms with E-state index in [0.29, 0.717) is 5.56 Å². The van der Waals surface area contributed by atoms with E-state index in [1.54, 1.807) is 6.08 Å². The van der Waals surface area contributed by atoms with E-state index in [0.717, 1.165) is 20.1 Å². The van der Waals surface area contributed by atoms with Gasteiger partial charge in [-0.3, -0.25) is 4.79 Å². The summed E-state index contributed by atoms with van der Waals surface area (Å²) in [5.74, 6) is 0.0128. The summed E-state index contributed by atoms with van der Waals surface area (Å²) in [4.78, 5) is 12.2. The van der Waals surface area contributed by atoms with Crippen LogP contribution in [0.4, 0.5) is 0 Å². The molecule has 2 aromatic carbocycles. The highest BCUT2D eigenvalue weighted by Crippen LogP contribution is 2.20. The minimum absolute atomic E-state index is 0.0128. The Morgan fingerprint density at radius 1 is 0.947 bits per heavy atom. The number of benzene rings is 2. The molecule has 0 amide bonds. The van der Waals surface area contributed by atoms with E-state index in [4.69, 9.17) is 0 Å². The van der Waals surface area contributed by atoms with Crippen LogP contribution in [0, 0.1) is 0 Å². The maximum Gasteiger partial charge on any atom is 0.186 e. The highest BCUT2D eigenvalue weighted by molar-refractivity contribution is 9.10. The van der Waals surface area contributed by atoms with Gasteiger partial charge in [0.2, 0.25) is 0 Å². The van der Waals surface area contributed by atoms with Crippen molar-refractivity contribution < 1.29 is 4.79 Å². The maximum atomic E-state index is 12.2. The Hall–Kier alpha value is -1.19. The first-order valence-electron chi connectivity index (χ1n) is 5.80. The largest absolute Gasteiger partial charge is 0.289 e. The molecule has 0 radical (unpaired) electrons. The van der Waals surface area contributed by atoms with Gasteiger partial charge < -0.3 is 0 Å². The summed E-state index contributed by atoms with van der Waals surface area (Å²) in [6.45, 7) is 1.94. The summed E-state index contributed by atoms with van der Waals surface area (Å²) < 4.78 is 1.92. The second kappa shape index (κ2) is 6.31. The van der Waals surface area contributed by atoms with Gasteiger partial charge in [0, 0.05) is 14.5 Å². The van der Waals surface area contributed by atoms with Gasteiger partial charge in [0.1, 0.15) is 0 Å². The first-order valence-corrected chi connectivity index (χ1v) is 7.39. The lowest BCUT2D eigenvalue weighted by atomic mass is 10.0. The van der Waals surface area contributed by atoms with Gasteiger partial charge in [-0.25, -0.2) is 0 Å². The standard InChI is InChI=1S/C16H12Br2O/c1-11(12-4-2-6-14(17)9-12)8-16(19)13-5-3-7-15(18)10-13/h2-10H,1H3/b11-8+. The van der Waals surface area contributed by atoms with E-state index in [-0.39, 0.29) is 5.78 Å². The summed E-state index contributed by atoms with van der Waals surface area (Å²) in [5.41, 5.74) is 2.67. The van der Waals surface area contributed by atoms with E-state index in [9.17, 15) is 4.79 Å². The van der Waals surface area contributed by atoms with Crippen LogP contribution < -0.4 is 0 Å². The number of ketones is 1. The van der Waals surface area contributed by atoms with Crippen molar-refractivity contribution in [3.8, 4) is 0 Å². The third-order valence-corrected chi connectivity index (χ3v) is 3.72. The van der Waals surface area contributed by atoms with Crippen molar-refractivity contribution in [1.82, 2.24) is 0 Å². The Kier molecular flexibility index (Phi) is 4.72. The van der Waals surface area contributed by atoms with E-state index in [1.807, 2.05) is 55.5 Å². The van der Waals surface area contributed by atoms with E-state index >= 15 is 0 Å². The Morgan fingerprint density at radius 3 is 2.05 bits per heavy atom. The predicted molar refractivity (Wildman–Crippen MR) is 86.3 cm³/mol. The number of rotatable bonds is 3. The summed E-state index contributed by atoms with van der Waals surface area (Å²) >= 11 is 6.80. The lowest BCUT2D eigenvalue weighted by Crippen LogP contribution is -1.95. The third-order valence-electron chi connectivity index (χ3n) is 2.74. The van der Waals surface area contributed by atoms with Gasteiger partial charge in [-0.15, -0.1) is 0 Å². The van der Waals surface area contributed by atoms with Gasteiger partial charge >= 0.3 is 0 Å². The fourth-order valence-corrected chi connectivity index (χ4v) is 2.54. The van der Waals surface area contributed by atoms with Gasteiger partial charge in [-0.1, -0.05) is 56.1 Å². The van der Waals surface area contributed by atoms with Crippen molar-refractivity contribution in [2.24, 2.45) is 0 Å². The molecule has 0 heterocycles. The van der Waals surface area contributed by atoms with Crippen molar-refractivity contribution in [3.05, 3.63) is 74.7 Å². The molecule has 0 aromatic heterocycles. The topological polar surface area (TPSA) is 17.1 Å². The van der Waals surface area contributed by atoms with Gasteiger partial charge in [0.05, 0.1) is 0 Å². The van der Waals surface area contributed by atoms with Crippen LogP contribution in [-0.2, 0) is 0 Å². The first-order chi connectivity index (χ1) is 9.06. The van der Waals surface area contributed by atoms with E-state index in [1.165, 1.54) is 0 Å². The van der Waals surface area contributed by atoms with Crippen LogP contribution in [-0.4, -0.2) is 5.78 Å². The monoisotopic (exact) mass is 378 g/mol. The molecule has 0 aliphatic carbocycles. The van der Waals surface area contributed by atoms with Crippen LogP contribution in [0.3, 0.4) is 0 Å². The second-order valence-electron chi connectivity index (χ2n) is 4.21. The molecular formula is C16H12Br2O. The SMILES string of the molecule is C/C(=C\C(=O)c1cccc(Br)c1)c1cccc(Br)c1. The van der Waals surface area contributed by atoms with Crippen molar-refractivity contribution in [3.63, 3.8) is 0 Å². The third kappa shape index (κ3) is 3.88. The Morgan fingerprint density at radius 2 is 1.47 bits per heavy atom. The average molecular weight is 380 g/mol. The Balaban J connectivity index is 2.28. The average Bonchev–Trinajstić information content (AvgIpc) is 2.38. The first kappa shape index (κ1) is 14.2. The lowest BCUT2D eigenvalue weighted by Gasteiger charge is -2.03. The molecule has 0 aliphatic rings. The van der Waals surface area contributed by atoms with Crippen molar-refractivity contribution in [2.75, 3.05) is 0 Å². The molecule has 0 unspecified atom stereocenters. The molecule has 0 bridgehead atoms. The quantitative estimate of drug-likeness (QED) is 0.508. The minimum Gasteiger partial charge on any atom is -0.289 e. The van der Waals surface area contributed by atoms with Crippen LogP contribution in [0.15, 0.2) is 63.6 Å². The molecule has 0 aliphatic heterocycles. The normalized spacial score (nSPS) is 11.4. The molecular weight excluding hydrogens is 368 g/mol. The Labute approximate surface area is 129 Å². The fraction of sp³-hybridized carbons (Fsp3) is 0.0625. The zero-order chi connectivity index (χ0) is 13.8. The molecule has 0 saturated heterocycles. The molecule has 1 nitrogen and oxygen atoms in total. The summed E-state index contributed by atoms with van der Waals surface area (Å²) in [6, 6.07) is 15.3. The number of halogens is 2. The van der Waals surface area contributed by atoms with Crippen LogP contribution in [0.25, 0.3) is 5.57 Å². The number of carbonyl (C=O) groups is 1. The van der Waals surface area contributed by atoms with Crippen LogP contribution >= 0.6 is 31.9 Å². The Bertz CT molecular complexity index is 645. The number of allylic oxidation sites excluding steroid dienone is 2. The molecule has 0 atom stereocenters. The van der Waals surface area contributed by atoms with Crippen LogP contribution in [0.1, 0.15) is 22.8 Å².